The Morgan fingerprint density at radius 1 is 0.885 bits per heavy atom. The number of hydrogen-bond acceptors (Lipinski definition) is 6. The number of methoxy groups -OCH3 is 3. The first-order valence-corrected chi connectivity index (χ1v) is 8.85. The van der Waals surface area contributed by atoms with E-state index in [2.05, 4.69) is 40.2 Å². The Bertz CT molecular complexity index is 684. The molecule has 0 bridgehead atoms. The quantitative estimate of drug-likeness (QED) is 0.707. The van der Waals surface area contributed by atoms with Gasteiger partial charge >= 0.3 is 0 Å². The van der Waals surface area contributed by atoms with Gasteiger partial charge in [-0.25, -0.2) is 0 Å². The number of anilines is 2. The van der Waals surface area contributed by atoms with E-state index in [1.54, 1.807) is 21.3 Å². The van der Waals surface area contributed by atoms with E-state index in [0.29, 0.717) is 23.3 Å². The van der Waals surface area contributed by atoms with Crippen LogP contribution >= 0.6 is 0 Å². The van der Waals surface area contributed by atoms with Crippen LogP contribution in [0.1, 0.15) is 12.8 Å². The van der Waals surface area contributed by atoms with Crippen LogP contribution < -0.4 is 30.2 Å². The van der Waals surface area contributed by atoms with Crippen molar-refractivity contribution in [1.29, 1.82) is 0 Å². The number of ether oxygens (including phenoxy) is 3. The molecule has 1 aliphatic heterocycles. The zero-order valence-electron chi connectivity index (χ0n) is 15.5. The van der Waals surface area contributed by atoms with Crippen LogP contribution in [0.3, 0.4) is 0 Å². The molecule has 2 atom stereocenters. The highest BCUT2D eigenvalue weighted by Gasteiger charge is 2.22. The zero-order valence-corrected chi connectivity index (χ0v) is 15.5. The van der Waals surface area contributed by atoms with Crippen molar-refractivity contribution in [2.75, 3.05) is 38.5 Å². The Kier molecular flexibility index (Phi) is 6.07. The SMILES string of the molecule is COc1cc(NC2CC(Nc3ccccc3)CCN2)cc(OC)c1OC. The van der Waals surface area contributed by atoms with Crippen LogP contribution in [-0.2, 0) is 0 Å². The molecule has 6 nitrogen and oxygen atoms in total. The van der Waals surface area contributed by atoms with Crippen molar-refractivity contribution in [2.45, 2.75) is 25.0 Å². The molecule has 1 aliphatic rings. The summed E-state index contributed by atoms with van der Waals surface area (Å²) in [5.74, 6) is 1.88. The average Bonchev–Trinajstić information content (AvgIpc) is 2.68. The maximum absolute atomic E-state index is 5.43. The molecule has 2 aromatic carbocycles. The summed E-state index contributed by atoms with van der Waals surface area (Å²) in [6.45, 7) is 0.951. The monoisotopic (exact) mass is 357 g/mol. The van der Waals surface area contributed by atoms with Gasteiger partial charge in [-0.05, 0) is 25.1 Å². The minimum absolute atomic E-state index is 0.160. The van der Waals surface area contributed by atoms with E-state index in [4.69, 9.17) is 14.2 Å². The van der Waals surface area contributed by atoms with Crippen molar-refractivity contribution >= 4 is 11.4 Å². The molecule has 0 aliphatic carbocycles. The number of piperidine rings is 1. The molecule has 0 radical (unpaired) electrons. The Labute approximate surface area is 154 Å². The lowest BCUT2D eigenvalue weighted by atomic mass is 10.0. The fourth-order valence-corrected chi connectivity index (χ4v) is 3.29. The third kappa shape index (κ3) is 4.32. The minimum atomic E-state index is 0.160. The first kappa shape index (κ1) is 18.2. The fraction of sp³-hybridized carbons (Fsp3) is 0.400. The summed E-state index contributed by atoms with van der Waals surface area (Å²) in [4.78, 5) is 0. The molecule has 0 saturated carbocycles. The smallest absolute Gasteiger partial charge is 0.203 e. The van der Waals surface area contributed by atoms with Crippen LogP contribution in [0.4, 0.5) is 11.4 Å². The molecule has 140 valence electrons. The molecule has 0 aromatic heterocycles. The second kappa shape index (κ2) is 8.67. The van der Waals surface area contributed by atoms with Gasteiger partial charge in [-0.3, -0.25) is 5.32 Å². The third-order valence-electron chi connectivity index (χ3n) is 4.55. The van der Waals surface area contributed by atoms with Gasteiger partial charge in [-0.1, -0.05) is 18.2 Å². The van der Waals surface area contributed by atoms with Gasteiger partial charge < -0.3 is 24.8 Å². The first-order valence-electron chi connectivity index (χ1n) is 8.85. The average molecular weight is 357 g/mol. The van der Waals surface area contributed by atoms with Gasteiger partial charge in [-0.2, -0.15) is 0 Å². The first-order chi connectivity index (χ1) is 12.7. The maximum Gasteiger partial charge on any atom is 0.203 e. The van der Waals surface area contributed by atoms with Crippen molar-refractivity contribution in [3.63, 3.8) is 0 Å². The molecule has 1 heterocycles. The molecule has 0 amide bonds. The summed E-state index contributed by atoms with van der Waals surface area (Å²) in [6, 6.07) is 14.6. The second-order valence-electron chi connectivity index (χ2n) is 6.30. The molecular formula is C20H27N3O3. The molecule has 2 aromatic rings. The molecular weight excluding hydrogens is 330 g/mol. The molecule has 6 heteroatoms. The van der Waals surface area contributed by atoms with Gasteiger partial charge in [-0.15, -0.1) is 0 Å². The van der Waals surface area contributed by atoms with Crippen molar-refractivity contribution in [3.05, 3.63) is 42.5 Å². The van der Waals surface area contributed by atoms with Gasteiger partial charge in [0.05, 0.1) is 27.5 Å². The van der Waals surface area contributed by atoms with Crippen molar-refractivity contribution in [3.8, 4) is 17.2 Å². The standard InChI is InChI=1S/C20H27N3O3/c1-24-17-11-16(12-18(25-2)20(17)26-3)23-19-13-15(9-10-21-19)22-14-7-5-4-6-8-14/h4-8,11-12,15,19,21-23H,9-10,13H2,1-3H3. The van der Waals surface area contributed by atoms with E-state index in [-0.39, 0.29) is 6.17 Å². The number of rotatable bonds is 7. The van der Waals surface area contributed by atoms with E-state index >= 15 is 0 Å². The van der Waals surface area contributed by atoms with Crippen LogP contribution in [-0.4, -0.2) is 40.1 Å². The molecule has 0 spiro atoms. The summed E-state index contributed by atoms with van der Waals surface area (Å²) in [6.07, 6.45) is 2.21. The zero-order chi connectivity index (χ0) is 18.4. The molecule has 26 heavy (non-hydrogen) atoms. The minimum Gasteiger partial charge on any atom is -0.493 e. The van der Waals surface area contributed by atoms with Crippen LogP contribution in [0.2, 0.25) is 0 Å². The topological polar surface area (TPSA) is 63.8 Å². The molecule has 1 saturated heterocycles. The summed E-state index contributed by atoms with van der Waals surface area (Å²) >= 11 is 0. The van der Waals surface area contributed by atoms with Crippen LogP contribution in [0, 0.1) is 0 Å². The van der Waals surface area contributed by atoms with E-state index in [1.807, 2.05) is 18.2 Å². The van der Waals surface area contributed by atoms with Gasteiger partial charge in [0.1, 0.15) is 0 Å². The van der Waals surface area contributed by atoms with Crippen LogP contribution in [0.5, 0.6) is 17.2 Å². The summed E-state index contributed by atoms with van der Waals surface area (Å²) in [7, 11) is 4.86. The third-order valence-corrected chi connectivity index (χ3v) is 4.55. The van der Waals surface area contributed by atoms with E-state index in [0.717, 1.165) is 30.8 Å². The molecule has 3 N–H and O–H groups in total. The number of para-hydroxylation sites is 1. The largest absolute Gasteiger partial charge is 0.493 e. The predicted molar refractivity (Wildman–Crippen MR) is 105 cm³/mol. The lowest BCUT2D eigenvalue weighted by molar-refractivity contribution is 0.324. The van der Waals surface area contributed by atoms with E-state index in [1.165, 1.54) is 0 Å². The highest BCUT2D eigenvalue weighted by Crippen LogP contribution is 2.40. The molecule has 3 rings (SSSR count). The number of benzene rings is 2. The second-order valence-corrected chi connectivity index (χ2v) is 6.30. The van der Waals surface area contributed by atoms with Gasteiger partial charge in [0.15, 0.2) is 11.5 Å². The van der Waals surface area contributed by atoms with E-state index in [9.17, 15) is 0 Å². The normalized spacial score (nSPS) is 19.5. The Morgan fingerprint density at radius 3 is 2.19 bits per heavy atom. The maximum atomic E-state index is 5.43. The highest BCUT2D eigenvalue weighted by molar-refractivity contribution is 5.62. The van der Waals surface area contributed by atoms with Gasteiger partial charge in [0.2, 0.25) is 5.75 Å². The number of hydrogen-bond donors (Lipinski definition) is 3. The van der Waals surface area contributed by atoms with Gasteiger partial charge in [0, 0.05) is 36.0 Å². The summed E-state index contributed by atoms with van der Waals surface area (Å²) in [5.41, 5.74) is 2.09. The Hall–Kier alpha value is -2.60. The van der Waals surface area contributed by atoms with Crippen LogP contribution in [0.15, 0.2) is 42.5 Å². The lowest BCUT2D eigenvalue weighted by Crippen LogP contribution is -2.47. The predicted octanol–water partition coefficient (Wildman–Crippen LogP) is 3.31. The summed E-state index contributed by atoms with van der Waals surface area (Å²) in [5, 5.41) is 10.7. The van der Waals surface area contributed by atoms with Crippen molar-refractivity contribution in [2.24, 2.45) is 0 Å². The van der Waals surface area contributed by atoms with Crippen molar-refractivity contribution in [1.82, 2.24) is 5.32 Å². The molecule has 1 fully saturated rings. The fourth-order valence-electron chi connectivity index (χ4n) is 3.29. The van der Waals surface area contributed by atoms with Crippen LogP contribution in [0.25, 0.3) is 0 Å². The highest BCUT2D eigenvalue weighted by atomic mass is 16.5. The molecule has 2 unspecified atom stereocenters. The summed E-state index contributed by atoms with van der Waals surface area (Å²) < 4.78 is 16.2. The Balaban J connectivity index is 1.68. The van der Waals surface area contributed by atoms with Gasteiger partial charge in [0.25, 0.3) is 0 Å². The van der Waals surface area contributed by atoms with E-state index < -0.39 is 0 Å². The van der Waals surface area contributed by atoms with Crippen molar-refractivity contribution < 1.29 is 14.2 Å². The lowest BCUT2D eigenvalue weighted by Gasteiger charge is -2.32. The Morgan fingerprint density at radius 2 is 1.58 bits per heavy atom. The number of nitrogens with one attached hydrogen (secondary N) is 3.